The number of carbonyl (C=O) groups is 5. The van der Waals surface area contributed by atoms with Crippen LogP contribution >= 0.6 is 0 Å². The number of aliphatic carboxylic acids is 2. The molecule has 0 heterocycles. The molecule has 33 heavy (non-hydrogen) atoms. The molecule has 6 atom stereocenters. The van der Waals surface area contributed by atoms with Crippen molar-refractivity contribution in [2.24, 2.45) is 17.4 Å². The van der Waals surface area contributed by atoms with Crippen molar-refractivity contribution in [3.63, 3.8) is 0 Å². The number of carboxylic acid groups (broad SMARTS) is 2. The second-order valence-electron chi connectivity index (χ2n) is 7.99. The molecule has 0 radical (unpaired) electrons. The summed E-state index contributed by atoms with van der Waals surface area (Å²) in [5.74, 6) is -5.95. The summed E-state index contributed by atoms with van der Waals surface area (Å²) in [5, 5.41) is 35.1. The molecule has 0 aliphatic rings. The van der Waals surface area contributed by atoms with E-state index < -0.39 is 72.3 Å². The van der Waals surface area contributed by atoms with Gasteiger partial charge < -0.3 is 42.7 Å². The van der Waals surface area contributed by atoms with Gasteiger partial charge in [0.1, 0.15) is 18.1 Å². The molecular weight excluding hydrogens is 438 g/mol. The summed E-state index contributed by atoms with van der Waals surface area (Å²) in [6.07, 6.45) is -0.281. The van der Waals surface area contributed by atoms with E-state index >= 15 is 0 Å². The van der Waals surface area contributed by atoms with Crippen LogP contribution < -0.4 is 27.4 Å². The summed E-state index contributed by atoms with van der Waals surface area (Å²) in [4.78, 5) is 60.2. The monoisotopic (exact) mass is 475 g/mol. The highest BCUT2D eigenvalue weighted by Gasteiger charge is 2.34. The zero-order valence-corrected chi connectivity index (χ0v) is 19.2. The van der Waals surface area contributed by atoms with E-state index in [1.54, 1.807) is 13.8 Å². The van der Waals surface area contributed by atoms with E-state index in [4.69, 9.17) is 16.6 Å². The molecule has 0 spiro atoms. The molecule has 0 aromatic rings. The molecule has 13 heteroatoms. The van der Waals surface area contributed by atoms with Crippen LogP contribution in [0.25, 0.3) is 0 Å². The molecule has 6 unspecified atom stereocenters. The topological polar surface area (TPSA) is 234 Å². The highest BCUT2D eigenvalue weighted by atomic mass is 16.4. The van der Waals surface area contributed by atoms with Crippen LogP contribution in [0, 0.1) is 5.92 Å². The summed E-state index contributed by atoms with van der Waals surface area (Å²) in [6.45, 7) is 4.97. The zero-order chi connectivity index (χ0) is 25.7. The van der Waals surface area contributed by atoms with Crippen molar-refractivity contribution >= 4 is 29.7 Å². The third kappa shape index (κ3) is 11.1. The molecule has 0 aromatic heterocycles. The maximum Gasteiger partial charge on any atom is 0.326 e. The lowest BCUT2D eigenvalue weighted by molar-refractivity contribution is -0.145. The number of aliphatic hydroxyl groups is 1. The Balaban J connectivity index is 5.41. The first-order valence-corrected chi connectivity index (χ1v) is 10.8. The van der Waals surface area contributed by atoms with Crippen LogP contribution in [0.2, 0.25) is 0 Å². The highest BCUT2D eigenvalue weighted by Crippen LogP contribution is 2.09. The van der Waals surface area contributed by atoms with Crippen molar-refractivity contribution < 1.29 is 39.3 Å². The van der Waals surface area contributed by atoms with Gasteiger partial charge in [-0.3, -0.25) is 19.2 Å². The van der Waals surface area contributed by atoms with Crippen molar-refractivity contribution in [1.82, 2.24) is 16.0 Å². The van der Waals surface area contributed by atoms with E-state index in [-0.39, 0.29) is 0 Å². The fourth-order valence-corrected chi connectivity index (χ4v) is 2.89. The molecule has 0 aliphatic heterocycles. The van der Waals surface area contributed by atoms with Crippen molar-refractivity contribution in [3.05, 3.63) is 0 Å². The van der Waals surface area contributed by atoms with Gasteiger partial charge in [-0.2, -0.15) is 0 Å². The average Bonchev–Trinajstić information content (AvgIpc) is 2.73. The number of nitrogens with two attached hydrogens (primary N) is 2. The van der Waals surface area contributed by atoms with Crippen LogP contribution in [0.15, 0.2) is 0 Å². The lowest BCUT2D eigenvalue weighted by Gasteiger charge is -2.27. The van der Waals surface area contributed by atoms with Gasteiger partial charge in [-0.1, -0.05) is 26.7 Å². The third-order valence-corrected chi connectivity index (χ3v) is 5.16. The van der Waals surface area contributed by atoms with E-state index in [9.17, 15) is 34.2 Å². The van der Waals surface area contributed by atoms with Gasteiger partial charge in [-0.25, -0.2) is 4.79 Å². The predicted molar refractivity (Wildman–Crippen MR) is 118 cm³/mol. The average molecular weight is 476 g/mol. The quantitative estimate of drug-likeness (QED) is 0.113. The summed E-state index contributed by atoms with van der Waals surface area (Å²) in [5.41, 5.74) is 11.2. The number of rotatable bonds is 16. The molecule has 0 saturated carbocycles. The van der Waals surface area contributed by atoms with Crippen LogP contribution in [0.1, 0.15) is 52.9 Å². The van der Waals surface area contributed by atoms with Crippen molar-refractivity contribution in [1.29, 1.82) is 0 Å². The Morgan fingerprint density at radius 3 is 1.91 bits per heavy atom. The molecule has 0 bridgehead atoms. The van der Waals surface area contributed by atoms with Crippen LogP contribution in [0.3, 0.4) is 0 Å². The first-order chi connectivity index (χ1) is 15.3. The van der Waals surface area contributed by atoms with Gasteiger partial charge in [0.25, 0.3) is 0 Å². The largest absolute Gasteiger partial charge is 0.481 e. The molecule has 190 valence electrons. The van der Waals surface area contributed by atoms with E-state index in [0.717, 1.165) is 0 Å². The first-order valence-electron chi connectivity index (χ1n) is 10.8. The minimum Gasteiger partial charge on any atom is -0.481 e. The van der Waals surface area contributed by atoms with Crippen molar-refractivity contribution in [2.45, 2.75) is 83.1 Å². The van der Waals surface area contributed by atoms with E-state index in [1.165, 1.54) is 6.92 Å². The summed E-state index contributed by atoms with van der Waals surface area (Å²) >= 11 is 0. The normalized spacial score (nSPS) is 16.4. The molecule has 0 aliphatic carbocycles. The fraction of sp³-hybridized carbons (Fsp3) is 0.750. The Morgan fingerprint density at radius 2 is 1.45 bits per heavy atom. The Hall–Kier alpha value is -2.77. The summed E-state index contributed by atoms with van der Waals surface area (Å²) in [7, 11) is 0. The first kappa shape index (κ1) is 30.2. The van der Waals surface area contributed by atoms with Gasteiger partial charge in [0.2, 0.25) is 17.7 Å². The second-order valence-corrected chi connectivity index (χ2v) is 7.99. The lowest BCUT2D eigenvalue weighted by atomic mass is 9.98. The number of hydrogen-bond acceptors (Lipinski definition) is 8. The van der Waals surface area contributed by atoms with Gasteiger partial charge in [-0.15, -0.1) is 0 Å². The number of aliphatic hydroxyl groups excluding tert-OH is 1. The molecule has 0 saturated heterocycles. The van der Waals surface area contributed by atoms with Crippen LogP contribution in [0.5, 0.6) is 0 Å². The number of carboxylic acids is 2. The Bertz CT molecular complexity index is 687. The molecule has 3 amide bonds. The minimum absolute atomic E-state index is 0.299. The number of hydrogen-bond donors (Lipinski definition) is 8. The predicted octanol–water partition coefficient (Wildman–Crippen LogP) is -2.12. The Kier molecular flexibility index (Phi) is 13.9. The highest BCUT2D eigenvalue weighted by molar-refractivity contribution is 5.95. The summed E-state index contributed by atoms with van der Waals surface area (Å²) in [6, 6.07) is -5.42. The molecule has 10 N–H and O–H groups in total. The standard InChI is InChI=1S/C20H37N5O8/c1-4-10(2)15(20(32)33)24-18(30)13(9-14(27)28)23-19(31)16(11(3)26)25-17(29)12(22)7-5-6-8-21/h10-13,15-16,26H,4-9,21-22H2,1-3H3,(H,23,31)(H,24,30)(H,25,29)(H,27,28)(H,32,33). The lowest BCUT2D eigenvalue weighted by Crippen LogP contribution is -2.60. The maximum absolute atomic E-state index is 12.7. The SMILES string of the molecule is CCC(C)C(NC(=O)C(CC(=O)O)NC(=O)C(NC(=O)C(N)CCCCN)C(C)O)C(=O)O. The van der Waals surface area contributed by atoms with E-state index in [1.807, 2.05) is 0 Å². The molecule has 13 nitrogen and oxygen atoms in total. The Morgan fingerprint density at radius 1 is 0.879 bits per heavy atom. The van der Waals surface area contributed by atoms with Gasteiger partial charge in [0.05, 0.1) is 18.6 Å². The van der Waals surface area contributed by atoms with Crippen molar-refractivity contribution in [2.75, 3.05) is 6.54 Å². The van der Waals surface area contributed by atoms with Crippen LogP contribution in [-0.4, -0.2) is 81.8 Å². The Labute approximate surface area is 192 Å². The zero-order valence-electron chi connectivity index (χ0n) is 19.2. The molecule has 0 aromatic carbocycles. The minimum atomic E-state index is -1.64. The van der Waals surface area contributed by atoms with Gasteiger partial charge in [0.15, 0.2) is 0 Å². The van der Waals surface area contributed by atoms with Crippen LogP contribution in [0.4, 0.5) is 0 Å². The number of nitrogens with one attached hydrogen (secondary N) is 3. The fourth-order valence-electron chi connectivity index (χ4n) is 2.89. The number of unbranched alkanes of at least 4 members (excludes halogenated alkanes) is 1. The summed E-state index contributed by atoms with van der Waals surface area (Å²) < 4.78 is 0. The molecular formula is C20H37N5O8. The number of amides is 3. The molecule has 0 rings (SSSR count). The van der Waals surface area contributed by atoms with Gasteiger partial charge >= 0.3 is 11.9 Å². The van der Waals surface area contributed by atoms with Gasteiger partial charge in [-0.05, 0) is 32.2 Å². The van der Waals surface area contributed by atoms with Gasteiger partial charge in [0, 0.05) is 0 Å². The molecule has 0 fully saturated rings. The third-order valence-electron chi connectivity index (χ3n) is 5.16. The van der Waals surface area contributed by atoms with E-state index in [0.29, 0.717) is 32.2 Å². The van der Waals surface area contributed by atoms with Crippen molar-refractivity contribution in [3.8, 4) is 0 Å². The smallest absolute Gasteiger partial charge is 0.326 e. The van der Waals surface area contributed by atoms with E-state index in [2.05, 4.69) is 16.0 Å². The maximum atomic E-state index is 12.7. The van der Waals surface area contributed by atoms with Crippen LogP contribution in [-0.2, 0) is 24.0 Å². The second kappa shape index (κ2) is 15.1. The number of carbonyl (C=O) groups excluding carboxylic acids is 3.